The molecule has 118 valence electrons. The molecule has 3 nitrogen and oxygen atoms in total. The Hall–Kier alpha value is -1.22. The van der Waals surface area contributed by atoms with E-state index in [9.17, 15) is 0 Å². The summed E-state index contributed by atoms with van der Waals surface area (Å²) in [4.78, 5) is 0. The SMILES string of the molecule is CCNC(CC(C)C(C)(C)C)c1ccc2c(c1)OCCO2. The van der Waals surface area contributed by atoms with E-state index in [-0.39, 0.29) is 0 Å². The summed E-state index contributed by atoms with van der Waals surface area (Å²) in [5, 5.41) is 3.61. The summed E-state index contributed by atoms with van der Waals surface area (Å²) in [6.07, 6.45) is 1.12. The van der Waals surface area contributed by atoms with Crippen LogP contribution in [-0.2, 0) is 0 Å². The van der Waals surface area contributed by atoms with Crippen molar-refractivity contribution < 1.29 is 9.47 Å². The van der Waals surface area contributed by atoms with Crippen molar-refractivity contribution in [3.8, 4) is 11.5 Å². The first-order chi connectivity index (χ1) is 9.91. The van der Waals surface area contributed by atoms with E-state index >= 15 is 0 Å². The fourth-order valence-corrected chi connectivity index (χ4v) is 2.57. The molecule has 0 aromatic heterocycles. The third-order valence-corrected chi connectivity index (χ3v) is 4.49. The lowest BCUT2D eigenvalue weighted by Gasteiger charge is -2.31. The van der Waals surface area contributed by atoms with Crippen LogP contribution in [-0.4, -0.2) is 19.8 Å². The second kappa shape index (κ2) is 6.69. The van der Waals surface area contributed by atoms with Crippen LogP contribution in [0.1, 0.15) is 52.6 Å². The molecule has 1 aromatic rings. The zero-order valence-corrected chi connectivity index (χ0v) is 14.0. The molecule has 21 heavy (non-hydrogen) atoms. The van der Waals surface area contributed by atoms with Crippen molar-refractivity contribution in [2.75, 3.05) is 19.8 Å². The van der Waals surface area contributed by atoms with Crippen LogP contribution >= 0.6 is 0 Å². The van der Waals surface area contributed by atoms with Crippen molar-refractivity contribution in [1.82, 2.24) is 5.32 Å². The van der Waals surface area contributed by atoms with Crippen LogP contribution in [0.15, 0.2) is 18.2 Å². The lowest BCUT2D eigenvalue weighted by atomic mass is 9.77. The largest absolute Gasteiger partial charge is 0.486 e. The Bertz CT molecular complexity index is 465. The molecule has 1 aliphatic rings. The zero-order chi connectivity index (χ0) is 15.5. The third kappa shape index (κ3) is 4.13. The molecule has 2 unspecified atom stereocenters. The summed E-state index contributed by atoms with van der Waals surface area (Å²) in [7, 11) is 0. The quantitative estimate of drug-likeness (QED) is 0.882. The molecule has 0 saturated carbocycles. The molecule has 0 aliphatic carbocycles. The first-order valence-electron chi connectivity index (χ1n) is 8.04. The summed E-state index contributed by atoms with van der Waals surface area (Å²) < 4.78 is 11.3. The van der Waals surface area contributed by atoms with Gasteiger partial charge in [0.25, 0.3) is 0 Å². The molecule has 0 radical (unpaired) electrons. The topological polar surface area (TPSA) is 30.5 Å². The molecule has 0 saturated heterocycles. The van der Waals surface area contributed by atoms with Crippen molar-refractivity contribution in [3.05, 3.63) is 23.8 Å². The minimum absolute atomic E-state index is 0.321. The smallest absolute Gasteiger partial charge is 0.161 e. The fraction of sp³-hybridized carbons (Fsp3) is 0.667. The summed E-state index contributed by atoms with van der Waals surface area (Å²) in [5.74, 6) is 2.38. The van der Waals surface area contributed by atoms with Crippen molar-refractivity contribution in [2.45, 2.75) is 47.1 Å². The van der Waals surface area contributed by atoms with Crippen LogP contribution in [0.2, 0.25) is 0 Å². The molecule has 2 rings (SSSR count). The van der Waals surface area contributed by atoms with E-state index in [1.54, 1.807) is 0 Å². The normalized spacial score (nSPS) is 17.4. The van der Waals surface area contributed by atoms with Gasteiger partial charge in [0.15, 0.2) is 11.5 Å². The number of hydrogen-bond acceptors (Lipinski definition) is 3. The van der Waals surface area contributed by atoms with Gasteiger partial charge in [-0.15, -0.1) is 0 Å². The van der Waals surface area contributed by atoms with E-state index < -0.39 is 0 Å². The molecule has 1 aromatic carbocycles. The Morgan fingerprint density at radius 3 is 2.43 bits per heavy atom. The number of rotatable bonds is 5. The van der Waals surface area contributed by atoms with Crippen LogP contribution < -0.4 is 14.8 Å². The van der Waals surface area contributed by atoms with Gasteiger partial charge in [0.05, 0.1) is 0 Å². The molecular formula is C18H29NO2. The van der Waals surface area contributed by atoms with Gasteiger partial charge >= 0.3 is 0 Å². The molecule has 3 heteroatoms. The molecule has 2 atom stereocenters. The van der Waals surface area contributed by atoms with Gasteiger partial charge in [0, 0.05) is 6.04 Å². The van der Waals surface area contributed by atoms with Crippen LogP contribution in [0.3, 0.4) is 0 Å². The fourth-order valence-electron chi connectivity index (χ4n) is 2.57. The molecule has 0 bridgehead atoms. The van der Waals surface area contributed by atoms with E-state index in [1.165, 1.54) is 5.56 Å². The van der Waals surface area contributed by atoms with Crippen molar-refractivity contribution in [3.63, 3.8) is 0 Å². The van der Waals surface area contributed by atoms with Gasteiger partial charge in [-0.25, -0.2) is 0 Å². The van der Waals surface area contributed by atoms with E-state index in [4.69, 9.17) is 9.47 Å². The number of benzene rings is 1. The highest BCUT2D eigenvalue weighted by molar-refractivity contribution is 5.44. The van der Waals surface area contributed by atoms with Gasteiger partial charge in [-0.2, -0.15) is 0 Å². The Balaban J connectivity index is 2.17. The van der Waals surface area contributed by atoms with Crippen LogP contribution in [0.5, 0.6) is 11.5 Å². The maximum absolute atomic E-state index is 5.71. The van der Waals surface area contributed by atoms with Crippen molar-refractivity contribution in [2.24, 2.45) is 11.3 Å². The molecule has 0 fully saturated rings. The predicted molar refractivity (Wildman–Crippen MR) is 87.1 cm³/mol. The highest BCUT2D eigenvalue weighted by atomic mass is 16.6. The number of nitrogens with one attached hydrogen (secondary N) is 1. The molecular weight excluding hydrogens is 262 g/mol. The summed E-state index contributed by atoms with van der Waals surface area (Å²) in [6, 6.07) is 6.70. The van der Waals surface area contributed by atoms with Crippen molar-refractivity contribution in [1.29, 1.82) is 0 Å². The second-order valence-electron chi connectivity index (χ2n) is 7.02. The monoisotopic (exact) mass is 291 g/mol. The Morgan fingerprint density at radius 2 is 1.81 bits per heavy atom. The Morgan fingerprint density at radius 1 is 1.14 bits per heavy atom. The lowest BCUT2D eigenvalue weighted by Crippen LogP contribution is -2.27. The predicted octanol–water partition coefficient (Wildman–Crippen LogP) is 4.18. The average molecular weight is 291 g/mol. The lowest BCUT2D eigenvalue weighted by molar-refractivity contribution is 0.171. The highest BCUT2D eigenvalue weighted by Gasteiger charge is 2.25. The second-order valence-corrected chi connectivity index (χ2v) is 7.02. The first kappa shape index (κ1) is 16.2. The Kier molecular flexibility index (Phi) is 5.15. The minimum Gasteiger partial charge on any atom is -0.486 e. The van der Waals surface area contributed by atoms with E-state index in [0.29, 0.717) is 30.6 Å². The average Bonchev–Trinajstić information content (AvgIpc) is 2.45. The van der Waals surface area contributed by atoms with Gasteiger partial charge in [0.1, 0.15) is 13.2 Å². The van der Waals surface area contributed by atoms with Gasteiger partial charge in [0.2, 0.25) is 0 Å². The first-order valence-corrected chi connectivity index (χ1v) is 8.04. The summed E-state index contributed by atoms with van der Waals surface area (Å²) in [6.45, 7) is 13.7. The molecule has 1 N–H and O–H groups in total. The van der Waals surface area contributed by atoms with Gasteiger partial charge < -0.3 is 14.8 Å². The molecule has 1 heterocycles. The minimum atomic E-state index is 0.321. The molecule has 0 spiro atoms. The maximum atomic E-state index is 5.71. The third-order valence-electron chi connectivity index (χ3n) is 4.49. The maximum Gasteiger partial charge on any atom is 0.161 e. The van der Waals surface area contributed by atoms with Crippen LogP contribution in [0.25, 0.3) is 0 Å². The molecule has 0 amide bonds. The van der Waals surface area contributed by atoms with E-state index in [0.717, 1.165) is 24.5 Å². The van der Waals surface area contributed by atoms with E-state index in [1.807, 2.05) is 6.07 Å². The van der Waals surface area contributed by atoms with Gasteiger partial charge in [-0.05, 0) is 42.0 Å². The van der Waals surface area contributed by atoms with Crippen molar-refractivity contribution >= 4 is 0 Å². The zero-order valence-electron chi connectivity index (χ0n) is 14.0. The standard InChI is InChI=1S/C18H29NO2/c1-6-19-15(11-13(2)18(3,4)5)14-7-8-16-17(12-14)21-10-9-20-16/h7-8,12-13,15,19H,6,9-11H2,1-5H3. The van der Waals surface area contributed by atoms with E-state index in [2.05, 4.69) is 52.1 Å². The number of hydrogen-bond donors (Lipinski definition) is 1. The van der Waals surface area contributed by atoms with Crippen LogP contribution in [0.4, 0.5) is 0 Å². The number of ether oxygens (including phenoxy) is 2. The summed E-state index contributed by atoms with van der Waals surface area (Å²) >= 11 is 0. The highest BCUT2D eigenvalue weighted by Crippen LogP contribution is 2.37. The molecule has 1 aliphatic heterocycles. The Labute approximate surface area is 129 Å². The van der Waals surface area contributed by atoms with Gasteiger partial charge in [-0.1, -0.05) is 40.7 Å². The van der Waals surface area contributed by atoms with Gasteiger partial charge in [-0.3, -0.25) is 0 Å². The number of fused-ring (bicyclic) bond motifs is 1. The van der Waals surface area contributed by atoms with Crippen LogP contribution in [0, 0.1) is 11.3 Å². The summed E-state index contributed by atoms with van der Waals surface area (Å²) in [5.41, 5.74) is 1.61.